The maximum atomic E-state index is 13.4. The molecule has 1 aliphatic rings. The fourth-order valence-electron chi connectivity index (χ4n) is 1.68. The maximum Gasteiger partial charge on any atom is 0.321 e. The number of nitrogens with zero attached hydrogens (tertiary/aromatic N) is 2. The number of ether oxygens (including phenoxy) is 1. The number of rotatable bonds is 5. The smallest absolute Gasteiger partial charge is 0.321 e. The lowest BCUT2D eigenvalue weighted by atomic mass is 10.3. The molecule has 0 unspecified atom stereocenters. The Morgan fingerprint density at radius 3 is 2.70 bits per heavy atom. The van der Waals surface area contributed by atoms with E-state index in [9.17, 15) is 4.39 Å². The van der Waals surface area contributed by atoms with Gasteiger partial charge in [0.25, 0.3) is 0 Å². The van der Waals surface area contributed by atoms with Crippen molar-refractivity contribution in [3.63, 3.8) is 0 Å². The summed E-state index contributed by atoms with van der Waals surface area (Å²) in [6, 6.07) is 5.38. The Balaban J connectivity index is 1.62. The second kappa shape index (κ2) is 5.85. The van der Waals surface area contributed by atoms with E-state index in [0.717, 1.165) is 12.1 Å². The fraction of sp³-hybridized carbons (Fsp3) is 0.286. The van der Waals surface area contributed by atoms with Crippen LogP contribution in [0, 0.1) is 5.82 Å². The number of hydrogen-bond acceptors (Lipinski definition) is 4. The van der Waals surface area contributed by atoms with Crippen LogP contribution < -0.4 is 10.1 Å². The summed E-state index contributed by atoms with van der Waals surface area (Å²) < 4.78 is 19.2. The molecule has 0 amide bonds. The first-order valence-electron chi connectivity index (χ1n) is 6.38. The van der Waals surface area contributed by atoms with E-state index in [4.69, 9.17) is 4.74 Å². The molecule has 0 spiro atoms. The molecule has 2 aromatic rings. The second-order valence-electron chi connectivity index (χ2n) is 4.71. The lowest BCUT2D eigenvalue weighted by Crippen LogP contribution is -2.15. The first-order valence-corrected chi connectivity index (χ1v) is 7.17. The minimum atomic E-state index is -0.382. The van der Waals surface area contributed by atoms with Crippen LogP contribution >= 0.6 is 15.9 Å². The largest absolute Gasteiger partial charge is 0.424 e. The molecule has 1 aliphatic carbocycles. The van der Waals surface area contributed by atoms with Crippen LogP contribution in [0.3, 0.4) is 0 Å². The zero-order valence-electron chi connectivity index (χ0n) is 10.6. The average molecular weight is 338 g/mol. The number of halogens is 2. The topological polar surface area (TPSA) is 47.0 Å². The number of benzene rings is 1. The summed E-state index contributed by atoms with van der Waals surface area (Å²) in [7, 11) is 0. The van der Waals surface area contributed by atoms with Crippen molar-refractivity contribution in [1.82, 2.24) is 15.3 Å². The van der Waals surface area contributed by atoms with Gasteiger partial charge in [0.15, 0.2) is 0 Å². The highest BCUT2D eigenvalue weighted by Gasteiger charge is 2.19. The lowest BCUT2D eigenvalue weighted by Gasteiger charge is -2.06. The number of nitrogens with one attached hydrogen (secondary N) is 1. The molecular formula is C14H13BrFN3O. The van der Waals surface area contributed by atoms with Gasteiger partial charge >= 0.3 is 6.01 Å². The van der Waals surface area contributed by atoms with Gasteiger partial charge in [-0.2, -0.15) is 0 Å². The van der Waals surface area contributed by atoms with Gasteiger partial charge in [0.2, 0.25) is 0 Å². The summed E-state index contributed by atoms with van der Waals surface area (Å²) in [5.41, 5.74) is 1.01. The number of hydrogen-bond donors (Lipinski definition) is 1. The van der Waals surface area contributed by atoms with Gasteiger partial charge in [-0.25, -0.2) is 14.4 Å². The fourth-order valence-corrected chi connectivity index (χ4v) is 1.93. The molecule has 0 bridgehead atoms. The van der Waals surface area contributed by atoms with E-state index < -0.39 is 0 Å². The van der Waals surface area contributed by atoms with Crippen LogP contribution in [-0.4, -0.2) is 16.0 Å². The van der Waals surface area contributed by atoms with E-state index in [-0.39, 0.29) is 11.8 Å². The first kappa shape index (κ1) is 13.5. The van der Waals surface area contributed by atoms with Crippen LogP contribution in [0.25, 0.3) is 0 Å². The van der Waals surface area contributed by atoms with Gasteiger partial charge in [0.05, 0.1) is 4.47 Å². The van der Waals surface area contributed by atoms with Gasteiger partial charge in [0.1, 0.15) is 11.6 Å². The van der Waals surface area contributed by atoms with Crippen LogP contribution in [0.5, 0.6) is 11.8 Å². The predicted molar refractivity (Wildman–Crippen MR) is 76.1 cm³/mol. The van der Waals surface area contributed by atoms with Crippen LogP contribution in [0.1, 0.15) is 18.4 Å². The first-order chi connectivity index (χ1) is 9.70. The highest BCUT2D eigenvalue weighted by Crippen LogP contribution is 2.24. The van der Waals surface area contributed by atoms with Crippen LogP contribution in [0.15, 0.2) is 35.1 Å². The molecule has 0 saturated heterocycles. The van der Waals surface area contributed by atoms with Gasteiger partial charge < -0.3 is 10.1 Å². The summed E-state index contributed by atoms with van der Waals surface area (Å²) in [5, 5.41) is 3.38. The van der Waals surface area contributed by atoms with Crippen LogP contribution in [0.2, 0.25) is 0 Å². The maximum absolute atomic E-state index is 13.4. The molecule has 1 fully saturated rings. The van der Waals surface area contributed by atoms with E-state index in [1.807, 2.05) is 0 Å². The summed E-state index contributed by atoms with van der Waals surface area (Å²) in [5.74, 6) is -0.0118. The normalized spacial score (nSPS) is 14.3. The molecule has 1 N–H and O–H groups in total. The lowest BCUT2D eigenvalue weighted by molar-refractivity contribution is 0.436. The SMILES string of the molecule is Fc1cc(Oc2ncc(CNC3CC3)cn2)ccc1Br. The zero-order valence-corrected chi connectivity index (χ0v) is 12.2. The predicted octanol–water partition coefficient (Wildman–Crippen LogP) is 3.42. The van der Waals surface area contributed by atoms with Gasteiger partial charge in [-0.15, -0.1) is 0 Å². The zero-order chi connectivity index (χ0) is 13.9. The third-order valence-corrected chi connectivity index (χ3v) is 3.60. The van der Waals surface area contributed by atoms with Gasteiger partial charge in [-0.3, -0.25) is 0 Å². The van der Waals surface area contributed by atoms with Gasteiger partial charge in [0, 0.05) is 36.6 Å². The van der Waals surface area contributed by atoms with Crippen LogP contribution in [0.4, 0.5) is 4.39 Å². The van der Waals surface area contributed by atoms with E-state index in [2.05, 4.69) is 31.2 Å². The molecule has 104 valence electrons. The highest BCUT2D eigenvalue weighted by atomic mass is 79.9. The molecule has 3 rings (SSSR count). The van der Waals surface area contributed by atoms with Crippen molar-refractivity contribution >= 4 is 15.9 Å². The van der Waals surface area contributed by atoms with Crippen molar-refractivity contribution in [1.29, 1.82) is 0 Å². The third kappa shape index (κ3) is 3.52. The monoisotopic (exact) mass is 337 g/mol. The summed E-state index contributed by atoms with van der Waals surface area (Å²) in [4.78, 5) is 8.23. The van der Waals surface area contributed by atoms with E-state index in [1.165, 1.54) is 18.9 Å². The summed E-state index contributed by atoms with van der Waals surface area (Å²) in [6.07, 6.45) is 5.92. The number of aromatic nitrogens is 2. The minimum absolute atomic E-state index is 0.210. The average Bonchev–Trinajstić information content (AvgIpc) is 3.26. The van der Waals surface area contributed by atoms with Gasteiger partial charge in [-0.1, -0.05) is 0 Å². The molecule has 1 aromatic heterocycles. The van der Waals surface area contributed by atoms with Crippen molar-refractivity contribution < 1.29 is 9.13 Å². The van der Waals surface area contributed by atoms with Crippen molar-refractivity contribution in [2.75, 3.05) is 0 Å². The Hall–Kier alpha value is -1.53. The summed E-state index contributed by atoms with van der Waals surface area (Å²) >= 11 is 3.09. The Kier molecular flexibility index (Phi) is 3.93. The molecule has 6 heteroatoms. The minimum Gasteiger partial charge on any atom is -0.424 e. The van der Waals surface area contributed by atoms with E-state index >= 15 is 0 Å². The van der Waals surface area contributed by atoms with E-state index in [1.54, 1.807) is 24.5 Å². The molecular weight excluding hydrogens is 325 g/mol. The Bertz CT molecular complexity index is 602. The molecule has 0 aliphatic heterocycles. The van der Waals surface area contributed by atoms with Crippen molar-refractivity contribution in [3.05, 3.63) is 46.4 Å². The molecule has 4 nitrogen and oxygen atoms in total. The standard InChI is InChI=1S/C14H13BrFN3O/c15-12-4-3-11(5-13(12)16)20-14-18-7-9(8-19-14)6-17-10-1-2-10/h3-5,7-8,10,17H,1-2,6H2. The summed E-state index contributed by atoms with van der Waals surface area (Å²) in [6.45, 7) is 0.762. The Morgan fingerprint density at radius 2 is 2.05 bits per heavy atom. The Labute approximate surface area is 124 Å². The molecule has 1 saturated carbocycles. The van der Waals surface area contributed by atoms with Crippen molar-refractivity contribution in [3.8, 4) is 11.8 Å². The van der Waals surface area contributed by atoms with E-state index in [0.29, 0.717) is 16.3 Å². The molecule has 0 radical (unpaired) electrons. The van der Waals surface area contributed by atoms with Crippen molar-refractivity contribution in [2.24, 2.45) is 0 Å². The van der Waals surface area contributed by atoms with Gasteiger partial charge in [-0.05, 0) is 40.9 Å². The van der Waals surface area contributed by atoms with Crippen molar-refractivity contribution in [2.45, 2.75) is 25.4 Å². The molecule has 1 aromatic carbocycles. The van der Waals surface area contributed by atoms with Crippen LogP contribution in [-0.2, 0) is 6.54 Å². The third-order valence-electron chi connectivity index (χ3n) is 2.95. The second-order valence-corrected chi connectivity index (χ2v) is 5.56. The quantitative estimate of drug-likeness (QED) is 0.908. The molecule has 20 heavy (non-hydrogen) atoms. The highest BCUT2D eigenvalue weighted by molar-refractivity contribution is 9.10. The molecule has 0 atom stereocenters. The molecule has 1 heterocycles. The Morgan fingerprint density at radius 1 is 1.30 bits per heavy atom.